The van der Waals surface area contributed by atoms with Gasteiger partial charge in [-0.3, -0.25) is 4.90 Å². The molecule has 0 saturated heterocycles. The van der Waals surface area contributed by atoms with Crippen LogP contribution in [0.4, 0.5) is 0 Å². The summed E-state index contributed by atoms with van der Waals surface area (Å²) in [6, 6.07) is 18.7. The third kappa shape index (κ3) is 6.97. The molecule has 0 saturated carbocycles. The van der Waals surface area contributed by atoms with E-state index in [-0.39, 0.29) is 11.3 Å². The largest absolute Gasteiger partial charge is 0.493 e. The van der Waals surface area contributed by atoms with Crippen molar-refractivity contribution in [2.75, 3.05) is 41.5 Å². The number of methoxy groups -OCH3 is 4. The van der Waals surface area contributed by atoms with Crippen LogP contribution in [0.3, 0.4) is 0 Å². The normalized spacial score (nSPS) is 15.6. The molecule has 0 N–H and O–H groups in total. The van der Waals surface area contributed by atoms with Gasteiger partial charge in [-0.25, -0.2) is 4.98 Å². The molecular weight excluding hydrogens is 510 g/mol. The number of ether oxygens (including phenoxy) is 4. The smallest absolute Gasteiger partial charge is 0.161 e. The van der Waals surface area contributed by atoms with E-state index in [1.54, 1.807) is 46.4 Å². The summed E-state index contributed by atoms with van der Waals surface area (Å²) in [5.74, 6) is 2.92. The molecule has 8 heteroatoms. The topological polar surface area (TPSA) is 76.8 Å². The standard InChI is InChI=1S/C31H37N3O4S/c1-35-26-13-12-23(19-27(26)36-2)31-25-20-29(38-4)28(37-3)18-22(25)14-17-34(31)16-9-5-6-10-24(21-32)39-30-11-7-8-15-33-30/h7-8,11-13,15,18-20,24,31H,5-6,9-10,14,16-17H2,1-4H3. The number of benzene rings is 2. The van der Waals surface area contributed by atoms with Gasteiger partial charge in [0, 0.05) is 12.7 Å². The van der Waals surface area contributed by atoms with Crippen molar-refractivity contribution in [2.24, 2.45) is 0 Å². The highest BCUT2D eigenvalue weighted by molar-refractivity contribution is 8.00. The van der Waals surface area contributed by atoms with Crippen molar-refractivity contribution in [3.05, 3.63) is 71.4 Å². The second-order valence-corrected chi connectivity index (χ2v) is 10.7. The van der Waals surface area contributed by atoms with Gasteiger partial charge in [0.15, 0.2) is 23.0 Å². The maximum absolute atomic E-state index is 9.62. The van der Waals surface area contributed by atoms with Crippen LogP contribution in [-0.2, 0) is 6.42 Å². The minimum atomic E-state index is -0.0799. The predicted octanol–water partition coefficient (Wildman–Crippen LogP) is 6.31. The van der Waals surface area contributed by atoms with E-state index in [0.717, 1.165) is 73.0 Å². The fraction of sp³-hybridized carbons (Fsp3) is 0.419. The number of pyridine rings is 1. The molecule has 39 heavy (non-hydrogen) atoms. The molecule has 2 aromatic carbocycles. The van der Waals surface area contributed by atoms with E-state index >= 15 is 0 Å². The lowest BCUT2D eigenvalue weighted by Crippen LogP contribution is -2.37. The average Bonchev–Trinajstić information content (AvgIpc) is 2.99. The van der Waals surface area contributed by atoms with Crippen molar-refractivity contribution < 1.29 is 18.9 Å². The zero-order valence-electron chi connectivity index (χ0n) is 23.2. The van der Waals surface area contributed by atoms with Crippen molar-refractivity contribution in [3.8, 4) is 29.1 Å². The van der Waals surface area contributed by atoms with Crippen LogP contribution in [0.5, 0.6) is 23.0 Å². The monoisotopic (exact) mass is 547 g/mol. The molecule has 3 aromatic rings. The van der Waals surface area contributed by atoms with Gasteiger partial charge in [-0.05, 0) is 78.9 Å². The number of fused-ring (bicyclic) bond motifs is 1. The number of hydrogen-bond acceptors (Lipinski definition) is 8. The fourth-order valence-electron chi connectivity index (χ4n) is 5.19. The summed E-state index contributed by atoms with van der Waals surface area (Å²) in [6.07, 6.45) is 6.70. The summed E-state index contributed by atoms with van der Waals surface area (Å²) in [5, 5.41) is 10.4. The van der Waals surface area contributed by atoms with E-state index in [2.05, 4.69) is 40.2 Å². The van der Waals surface area contributed by atoms with Crippen LogP contribution in [0.2, 0.25) is 0 Å². The van der Waals surface area contributed by atoms with Gasteiger partial charge in [-0.15, -0.1) is 0 Å². The molecule has 0 amide bonds. The molecule has 7 nitrogen and oxygen atoms in total. The second-order valence-electron chi connectivity index (χ2n) is 9.46. The Morgan fingerprint density at radius 2 is 1.67 bits per heavy atom. The van der Waals surface area contributed by atoms with E-state index in [1.807, 2.05) is 24.3 Å². The highest BCUT2D eigenvalue weighted by atomic mass is 32.2. The Labute approximate surface area is 236 Å². The molecule has 0 radical (unpaired) electrons. The molecule has 0 bridgehead atoms. The minimum absolute atomic E-state index is 0.0555. The quantitative estimate of drug-likeness (QED) is 0.182. The lowest BCUT2D eigenvalue weighted by molar-refractivity contribution is 0.207. The summed E-state index contributed by atoms with van der Waals surface area (Å²) < 4.78 is 22.4. The number of rotatable bonds is 13. The zero-order valence-corrected chi connectivity index (χ0v) is 24.0. The Morgan fingerprint density at radius 3 is 2.36 bits per heavy atom. The number of hydrogen-bond donors (Lipinski definition) is 0. The van der Waals surface area contributed by atoms with Gasteiger partial charge in [0.2, 0.25) is 0 Å². The van der Waals surface area contributed by atoms with Crippen LogP contribution in [-0.4, -0.2) is 56.7 Å². The van der Waals surface area contributed by atoms with Crippen LogP contribution in [0.25, 0.3) is 0 Å². The van der Waals surface area contributed by atoms with Crippen LogP contribution in [0, 0.1) is 11.3 Å². The molecule has 4 rings (SSSR count). The van der Waals surface area contributed by atoms with Crippen LogP contribution >= 0.6 is 11.8 Å². The molecule has 0 spiro atoms. The lowest BCUT2D eigenvalue weighted by atomic mass is 9.87. The molecule has 1 aliphatic heterocycles. The van der Waals surface area contributed by atoms with E-state index in [1.165, 1.54) is 11.1 Å². The molecule has 2 unspecified atom stereocenters. The van der Waals surface area contributed by atoms with Crippen LogP contribution in [0.1, 0.15) is 48.4 Å². The Kier molecular flexibility index (Phi) is 10.3. The van der Waals surface area contributed by atoms with Gasteiger partial charge in [0.25, 0.3) is 0 Å². The second kappa shape index (κ2) is 14.1. The first-order valence-electron chi connectivity index (χ1n) is 13.3. The van der Waals surface area contributed by atoms with Crippen molar-refractivity contribution in [2.45, 2.75) is 48.4 Å². The number of thioether (sulfide) groups is 1. The first-order chi connectivity index (χ1) is 19.1. The number of nitriles is 1. The van der Waals surface area contributed by atoms with Crippen molar-refractivity contribution >= 4 is 11.8 Å². The SMILES string of the molecule is COc1ccc(C2c3cc(OC)c(OC)cc3CCN2CCCCCC(C#N)Sc2ccccn2)cc1OC. The number of aromatic nitrogens is 1. The van der Waals surface area contributed by atoms with Gasteiger partial charge in [0.05, 0.1) is 50.8 Å². The Balaban J connectivity index is 1.48. The van der Waals surface area contributed by atoms with Crippen molar-refractivity contribution in [3.63, 3.8) is 0 Å². The van der Waals surface area contributed by atoms with E-state index in [4.69, 9.17) is 18.9 Å². The first-order valence-corrected chi connectivity index (χ1v) is 14.2. The van der Waals surface area contributed by atoms with Gasteiger partial charge >= 0.3 is 0 Å². The van der Waals surface area contributed by atoms with E-state index in [0.29, 0.717) is 5.75 Å². The average molecular weight is 548 g/mol. The Hall–Kier alpha value is -3.41. The molecule has 0 aliphatic carbocycles. The predicted molar refractivity (Wildman–Crippen MR) is 154 cm³/mol. The summed E-state index contributed by atoms with van der Waals surface area (Å²) in [4.78, 5) is 6.89. The highest BCUT2D eigenvalue weighted by Crippen LogP contribution is 2.43. The summed E-state index contributed by atoms with van der Waals surface area (Å²) >= 11 is 1.55. The Bertz CT molecular complexity index is 1260. The van der Waals surface area contributed by atoms with Gasteiger partial charge in [-0.1, -0.05) is 36.7 Å². The third-order valence-corrected chi connectivity index (χ3v) is 8.26. The molecule has 0 fully saturated rings. The van der Waals surface area contributed by atoms with Crippen molar-refractivity contribution in [1.29, 1.82) is 5.26 Å². The van der Waals surface area contributed by atoms with Gasteiger partial charge in [0.1, 0.15) is 0 Å². The van der Waals surface area contributed by atoms with E-state index in [9.17, 15) is 5.26 Å². The number of nitrogens with zero attached hydrogens (tertiary/aromatic N) is 3. The molecular formula is C31H37N3O4S. The minimum Gasteiger partial charge on any atom is -0.493 e. The van der Waals surface area contributed by atoms with Gasteiger partial charge < -0.3 is 18.9 Å². The molecule has 1 aromatic heterocycles. The summed E-state index contributed by atoms with van der Waals surface area (Å²) in [5.41, 5.74) is 3.65. The third-order valence-electron chi connectivity index (χ3n) is 7.15. The fourth-order valence-corrected chi connectivity index (χ4v) is 6.09. The maximum atomic E-state index is 9.62. The maximum Gasteiger partial charge on any atom is 0.161 e. The number of unbranched alkanes of at least 4 members (excludes halogenated alkanes) is 2. The molecule has 1 aliphatic rings. The molecule has 206 valence electrons. The summed E-state index contributed by atoms with van der Waals surface area (Å²) in [7, 11) is 6.68. The molecule has 2 heterocycles. The highest BCUT2D eigenvalue weighted by Gasteiger charge is 2.31. The van der Waals surface area contributed by atoms with Crippen LogP contribution in [0.15, 0.2) is 59.8 Å². The lowest BCUT2D eigenvalue weighted by Gasteiger charge is -2.38. The Morgan fingerprint density at radius 1 is 0.923 bits per heavy atom. The van der Waals surface area contributed by atoms with Crippen molar-refractivity contribution in [1.82, 2.24) is 9.88 Å². The van der Waals surface area contributed by atoms with Gasteiger partial charge in [-0.2, -0.15) is 5.26 Å². The summed E-state index contributed by atoms with van der Waals surface area (Å²) in [6.45, 7) is 1.90. The zero-order chi connectivity index (χ0) is 27.6. The van der Waals surface area contributed by atoms with Crippen LogP contribution < -0.4 is 18.9 Å². The molecule has 2 atom stereocenters. The first kappa shape index (κ1) is 28.6. The van der Waals surface area contributed by atoms with E-state index < -0.39 is 0 Å².